The van der Waals surface area contributed by atoms with E-state index >= 15 is 0 Å². The highest BCUT2D eigenvalue weighted by molar-refractivity contribution is 5.80. The highest BCUT2D eigenvalue weighted by Crippen LogP contribution is 2.09. The van der Waals surface area contributed by atoms with E-state index in [1.54, 1.807) is 0 Å². The van der Waals surface area contributed by atoms with Gasteiger partial charge in [0.25, 0.3) is 0 Å². The predicted molar refractivity (Wildman–Crippen MR) is 65.4 cm³/mol. The Balaban J connectivity index is 2.79. The van der Waals surface area contributed by atoms with Crippen LogP contribution >= 0.6 is 0 Å². The van der Waals surface area contributed by atoms with E-state index in [2.05, 4.69) is 25.0 Å². The summed E-state index contributed by atoms with van der Waals surface area (Å²) in [5, 5.41) is 4.45. The third-order valence-electron chi connectivity index (χ3n) is 3.11. The van der Waals surface area contributed by atoms with Crippen LogP contribution in [0, 0.1) is 5.92 Å². The quantitative estimate of drug-likeness (QED) is 0.741. The van der Waals surface area contributed by atoms with Crippen LogP contribution in [0.3, 0.4) is 0 Å². The van der Waals surface area contributed by atoms with E-state index in [-0.39, 0.29) is 11.7 Å². The Labute approximate surface area is 97.8 Å². The average Bonchev–Trinajstić information content (AvgIpc) is 2.70. The van der Waals surface area contributed by atoms with E-state index in [9.17, 15) is 4.79 Å². The summed E-state index contributed by atoms with van der Waals surface area (Å²) < 4.78 is 1.87. The minimum atomic E-state index is 0.138. The molecule has 1 atom stereocenters. The molecule has 0 aliphatic heterocycles. The van der Waals surface area contributed by atoms with E-state index in [4.69, 9.17) is 0 Å². The zero-order valence-electron chi connectivity index (χ0n) is 10.8. The zero-order chi connectivity index (χ0) is 12.1. The van der Waals surface area contributed by atoms with Gasteiger partial charge in [-0.2, -0.15) is 5.10 Å². The largest absolute Gasteiger partial charge is 0.297 e. The van der Waals surface area contributed by atoms with Crippen LogP contribution in [-0.2, 0) is 24.2 Å². The molecule has 1 aromatic rings. The maximum atomic E-state index is 11.8. The lowest BCUT2D eigenvalue weighted by Crippen LogP contribution is -2.19. The van der Waals surface area contributed by atoms with Gasteiger partial charge in [0.15, 0.2) is 5.78 Å². The monoisotopic (exact) mass is 222 g/mol. The number of carbonyl (C=O) groups excluding carboxylic acids is 1. The van der Waals surface area contributed by atoms with Gasteiger partial charge >= 0.3 is 0 Å². The predicted octanol–water partition coefficient (Wildman–Crippen LogP) is 2.62. The van der Waals surface area contributed by atoms with Gasteiger partial charge in [-0.15, -0.1) is 0 Å². The summed E-state index contributed by atoms with van der Waals surface area (Å²) in [6, 6.07) is 2.10. The topological polar surface area (TPSA) is 34.9 Å². The fourth-order valence-electron chi connectivity index (χ4n) is 1.64. The Hall–Kier alpha value is -1.12. The number of nitrogens with zero attached hydrogens (tertiary/aromatic N) is 2. The Bertz CT molecular complexity index is 355. The summed E-state index contributed by atoms with van der Waals surface area (Å²) in [5.74, 6) is 0.418. The van der Waals surface area contributed by atoms with Crippen molar-refractivity contribution in [2.75, 3.05) is 0 Å². The van der Waals surface area contributed by atoms with Crippen molar-refractivity contribution in [1.29, 1.82) is 0 Å². The van der Waals surface area contributed by atoms with Gasteiger partial charge in [0.1, 0.15) is 6.54 Å². The zero-order valence-corrected chi connectivity index (χ0v) is 10.8. The van der Waals surface area contributed by atoms with Crippen molar-refractivity contribution in [3.05, 3.63) is 17.5 Å². The summed E-state index contributed by atoms with van der Waals surface area (Å²) >= 11 is 0. The summed E-state index contributed by atoms with van der Waals surface area (Å²) in [7, 11) is 0. The number of rotatable bonds is 6. The van der Waals surface area contributed by atoms with E-state index in [0.717, 1.165) is 30.7 Å². The van der Waals surface area contributed by atoms with Crippen molar-refractivity contribution in [3.63, 3.8) is 0 Å². The summed E-state index contributed by atoms with van der Waals surface area (Å²) in [6.45, 7) is 8.64. The van der Waals surface area contributed by atoms with Gasteiger partial charge in [-0.3, -0.25) is 9.48 Å². The first-order valence-corrected chi connectivity index (χ1v) is 6.20. The van der Waals surface area contributed by atoms with Crippen molar-refractivity contribution < 1.29 is 4.79 Å². The number of ketones is 1. The molecule has 0 aromatic carbocycles. The first kappa shape index (κ1) is 12.9. The van der Waals surface area contributed by atoms with Gasteiger partial charge in [-0.1, -0.05) is 27.7 Å². The van der Waals surface area contributed by atoms with Crippen LogP contribution in [0.15, 0.2) is 6.07 Å². The molecule has 0 N–H and O–H groups in total. The molecule has 1 heterocycles. The molecule has 1 aromatic heterocycles. The number of Topliss-reactive ketones (excluding diaryl/α,β-unsaturated/α-hetero) is 1. The Kier molecular flexibility index (Phi) is 4.71. The maximum Gasteiger partial charge on any atom is 0.157 e. The molecule has 90 valence electrons. The highest BCUT2D eigenvalue weighted by atomic mass is 16.1. The number of hydrogen-bond donors (Lipinski definition) is 0. The van der Waals surface area contributed by atoms with Crippen molar-refractivity contribution in [1.82, 2.24) is 9.78 Å². The summed E-state index contributed by atoms with van der Waals surface area (Å²) in [6.07, 6.45) is 2.76. The fraction of sp³-hybridized carbons (Fsp3) is 0.692. The number of carbonyl (C=O) groups is 1. The van der Waals surface area contributed by atoms with Gasteiger partial charge in [0, 0.05) is 11.6 Å². The van der Waals surface area contributed by atoms with Crippen LogP contribution in [0.25, 0.3) is 0 Å². The third kappa shape index (κ3) is 2.94. The van der Waals surface area contributed by atoms with Gasteiger partial charge < -0.3 is 0 Å². The molecule has 3 nitrogen and oxygen atoms in total. The Morgan fingerprint density at radius 2 is 2.06 bits per heavy atom. The normalized spacial score (nSPS) is 12.8. The van der Waals surface area contributed by atoms with E-state index in [1.807, 2.05) is 18.5 Å². The molecule has 16 heavy (non-hydrogen) atoms. The average molecular weight is 222 g/mol. The lowest BCUT2D eigenvalue weighted by Gasteiger charge is -2.09. The van der Waals surface area contributed by atoms with Gasteiger partial charge in [0.2, 0.25) is 0 Å². The van der Waals surface area contributed by atoms with Crippen molar-refractivity contribution >= 4 is 5.78 Å². The first-order valence-electron chi connectivity index (χ1n) is 6.20. The van der Waals surface area contributed by atoms with Crippen LogP contribution in [-0.4, -0.2) is 15.6 Å². The SMILES string of the molecule is CCc1cc(CC)n(CC(=O)C(C)CC)n1. The molecule has 1 rings (SSSR count). The third-order valence-corrected chi connectivity index (χ3v) is 3.11. The molecule has 0 bridgehead atoms. The smallest absolute Gasteiger partial charge is 0.157 e. The van der Waals surface area contributed by atoms with E-state index in [0.29, 0.717) is 6.54 Å². The van der Waals surface area contributed by atoms with Crippen LogP contribution in [0.2, 0.25) is 0 Å². The van der Waals surface area contributed by atoms with Gasteiger partial charge in [-0.05, 0) is 25.3 Å². The number of aryl methyl sites for hydroxylation is 2. The summed E-state index contributed by atoms with van der Waals surface area (Å²) in [4.78, 5) is 11.8. The standard InChI is InChI=1S/C13H22N2O/c1-5-10(4)13(16)9-15-12(7-3)8-11(6-2)14-15/h8,10H,5-7,9H2,1-4H3. The minimum absolute atomic E-state index is 0.138. The van der Waals surface area contributed by atoms with Crippen molar-refractivity contribution in [2.24, 2.45) is 5.92 Å². The molecule has 0 amide bonds. The lowest BCUT2D eigenvalue weighted by molar-refractivity contribution is -0.123. The molecular weight excluding hydrogens is 200 g/mol. The van der Waals surface area contributed by atoms with Crippen LogP contribution in [0.4, 0.5) is 0 Å². The van der Waals surface area contributed by atoms with Gasteiger partial charge in [0.05, 0.1) is 5.69 Å². The molecular formula is C13H22N2O. The molecule has 0 fully saturated rings. The molecule has 0 aliphatic rings. The highest BCUT2D eigenvalue weighted by Gasteiger charge is 2.14. The second-order valence-electron chi connectivity index (χ2n) is 4.27. The van der Waals surface area contributed by atoms with Crippen LogP contribution < -0.4 is 0 Å². The van der Waals surface area contributed by atoms with Gasteiger partial charge in [-0.25, -0.2) is 0 Å². The Morgan fingerprint density at radius 3 is 2.56 bits per heavy atom. The lowest BCUT2D eigenvalue weighted by atomic mass is 10.0. The number of hydrogen-bond acceptors (Lipinski definition) is 2. The van der Waals surface area contributed by atoms with E-state index < -0.39 is 0 Å². The maximum absolute atomic E-state index is 11.8. The Morgan fingerprint density at radius 1 is 1.38 bits per heavy atom. The van der Waals surface area contributed by atoms with Crippen molar-refractivity contribution in [2.45, 2.75) is 53.5 Å². The molecule has 0 saturated carbocycles. The fourth-order valence-corrected chi connectivity index (χ4v) is 1.64. The molecule has 1 unspecified atom stereocenters. The molecule has 0 aliphatic carbocycles. The minimum Gasteiger partial charge on any atom is -0.297 e. The van der Waals surface area contributed by atoms with Crippen LogP contribution in [0.1, 0.15) is 45.5 Å². The molecule has 0 radical (unpaired) electrons. The first-order chi connectivity index (χ1) is 7.62. The second-order valence-corrected chi connectivity index (χ2v) is 4.27. The molecule has 0 saturated heterocycles. The van der Waals surface area contributed by atoms with E-state index in [1.165, 1.54) is 0 Å². The summed E-state index contributed by atoms with van der Waals surface area (Å²) in [5.41, 5.74) is 2.24. The number of aromatic nitrogens is 2. The van der Waals surface area contributed by atoms with Crippen LogP contribution in [0.5, 0.6) is 0 Å². The van der Waals surface area contributed by atoms with Crippen molar-refractivity contribution in [3.8, 4) is 0 Å². The molecule has 0 spiro atoms. The second kappa shape index (κ2) is 5.83. The molecule has 3 heteroatoms.